The lowest BCUT2D eigenvalue weighted by Crippen LogP contribution is -2.00. The lowest BCUT2D eigenvalue weighted by atomic mass is 10.2. The Bertz CT molecular complexity index is 258. The zero-order chi connectivity index (χ0) is 8.27. The molecule has 1 heterocycles. The summed E-state index contributed by atoms with van der Waals surface area (Å²) in [4.78, 5) is 10.3. The Morgan fingerprint density at radius 1 is 1.82 bits per heavy atom. The van der Waals surface area contributed by atoms with E-state index in [-0.39, 0.29) is 17.7 Å². The second-order valence-electron chi connectivity index (χ2n) is 1.92. The van der Waals surface area contributed by atoms with Crippen molar-refractivity contribution < 1.29 is 18.8 Å². The molecule has 0 aliphatic heterocycles. The minimum atomic E-state index is -1.14. The number of aromatic carboxylic acids is 1. The van der Waals surface area contributed by atoms with Gasteiger partial charge in [0.25, 0.3) is 0 Å². The molecule has 4 nitrogen and oxygen atoms in total. The molecule has 0 fully saturated rings. The van der Waals surface area contributed by atoms with E-state index in [1.54, 1.807) is 0 Å². The number of hydrogen-bond acceptors (Lipinski definition) is 3. The fourth-order valence-corrected chi connectivity index (χ4v) is 0.704. The van der Waals surface area contributed by atoms with Crippen molar-refractivity contribution in [3.8, 4) is 0 Å². The Morgan fingerprint density at radius 3 is 3.09 bits per heavy atom. The number of carbonyl (C=O) groups is 1. The summed E-state index contributed by atoms with van der Waals surface area (Å²) in [5.74, 6) is -1.14. The van der Waals surface area contributed by atoms with Crippen LogP contribution in [0.25, 0.3) is 0 Å². The number of aromatic nitrogens is 1. The number of alkyl halides is 1. The van der Waals surface area contributed by atoms with Crippen molar-refractivity contribution in [3.05, 3.63) is 17.5 Å². The predicted molar refractivity (Wildman–Crippen MR) is 33.1 cm³/mol. The van der Waals surface area contributed by atoms with E-state index in [1.807, 2.05) is 0 Å². The van der Waals surface area contributed by atoms with E-state index in [2.05, 4.69) is 9.68 Å². The smallest absolute Gasteiger partial charge is 0.340 e. The molecule has 5 heteroatoms. The highest BCUT2D eigenvalue weighted by atomic mass is 19.1. The van der Waals surface area contributed by atoms with Gasteiger partial charge in [-0.15, -0.1) is 0 Å². The summed E-state index contributed by atoms with van der Waals surface area (Å²) in [6, 6.07) is 0. The molecule has 0 aliphatic carbocycles. The summed E-state index contributed by atoms with van der Waals surface area (Å²) in [5.41, 5.74) is 0.0858. The van der Waals surface area contributed by atoms with E-state index in [9.17, 15) is 9.18 Å². The molecule has 0 aliphatic rings. The Labute approximate surface area is 61.6 Å². The van der Waals surface area contributed by atoms with Gasteiger partial charge in [0, 0.05) is 6.42 Å². The van der Waals surface area contributed by atoms with Crippen LogP contribution in [-0.4, -0.2) is 22.9 Å². The normalized spacial score (nSPS) is 9.91. The topological polar surface area (TPSA) is 63.3 Å². The van der Waals surface area contributed by atoms with Crippen LogP contribution in [0, 0.1) is 0 Å². The molecule has 1 aromatic heterocycles. The first-order valence-electron chi connectivity index (χ1n) is 2.98. The van der Waals surface area contributed by atoms with E-state index in [0.717, 1.165) is 6.26 Å². The van der Waals surface area contributed by atoms with E-state index >= 15 is 0 Å². The Balaban J connectivity index is 2.87. The first-order chi connectivity index (χ1) is 5.25. The highest BCUT2D eigenvalue weighted by Crippen LogP contribution is 2.06. The highest BCUT2D eigenvalue weighted by Gasteiger charge is 2.13. The van der Waals surface area contributed by atoms with Gasteiger partial charge >= 0.3 is 5.97 Å². The molecule has 0 spiro atoms. The monoisotopic (exact) mass is 159 g/mol. The van der Waals surface area contributed by atoms with Gasteiger partial charge in [-0.1, -0.05) is 5.16 Å². The maximum absolute atomic E-state index is 11.7. The van der Waals surface area contributed by atoms with Crippen LogP contribution in [0.3, 0.4) is 0 Å². The van der Waals surface area contributed by atoms with Crippen molar-refractivity contribution in [1.29, 1.82) is 0 Å². The summed E-state index contributed by atoms with van der Waals surface area (Å²) in [7, 11) is 0. The lowest BCUT2D eigenvalue weighted by molar-refractivity contribution is 0.0695. The van der Waals surface area contributed by atoms with Crippen LogP contribution < -0.4 is 0 Å². The third-order valence-corrected chi connectivity index (χ3v) is 1.21. The highest BCUT2D eigenvalue weighted by molar-refractivity contribution is 5.88. The maximum Gasteiger partial charge on any atom is 0.340 e. The molecule has 0 bridgehead atoms. The van der Waals surface area contributed by atoms with E-state index in [4.69, 9.17) is 5.11 Å². The van der Waals surface area contributed by atoms with Crippen molar-refractivity contribution in [2.24, 2.45) is 0 Å². The van der Waals surface area contributed by atoms with E-state index in [1.165, 1.54) is 0 Å². The summed E-state index contributed by atoms with van der Waals surface area (Å²) in [6.45, 7) is -0.632. The number of aryl methyl sites for hydroxylation is 1. The van der Waals surface area contributed by atoms with Gasteiger partial charge in [-0.25, -0.2) is 4.79 Å². The number of rotatable bonds is 3. The maximum atomic E-state index is 11.7. The Kier molecular flexibility index (Phi) is 2.20. The van der Waals surface area contributed by atoms with Gasteiger partial charge in [0.05, 0.1) is 6.67 Å². The van der Waals surface area contributed by atoms with Crippen molar-refractivity contribution in [2.45, 2.75) is 6.42 Å². The van der Waals surface area contributed by atoms with Crippen molar-refractivity contribution in [2.75, 3.05) is 6.67 Å². The predicted octanol–water partition coefficient (Wildman–Crippen LogP) is 0.885. The molecule has 0 saturated carbocycles. The van der Waals surface area contributed by atoms with Gasteiger partial charge in [-0.3, -0.25) is 4.39 Å². The molecular formula is C6H6FNO3. The first-order valence-corrected chi connectivity index (χ1v) is 2.98. The fourth-order valence-electron chi connectivity index (χ4n) is 0.704. The molecule has 11 heavy (non-hydrogen) atoms. The average Bonchev–Trinajstić information content (AvgIpc) is 2.36. The van der Waals surface area contributed by atoms with E-state index in [0.29, 0.717) is 0 Å². The molecule has 1 aromatic rings. The van der Waals surface area contributed by atoms with Crippen LogP contribution in [0.15, 0.2) is 10.8 Å². The lowest BCUT2D eigenvalue weighted by Gasteiger charge is -1.89. The molecule has 0 atom stereocenters. The van der Waals surface area contributed by atoms with Gasteiger partial charge < -0.3 is 9.63 Å². The Hall–Kier alpha value is -1.39. The van der Waals surface area contributed by atoms with Gasteiger partial charge in [0.15, 0.2) is 0 Å². The average molecular weight is 159 g/mol. The second kappa shape index (κ2) is 3.14. The van der Waals surface area contributed by atoms with Gasteiger partial charge in [-0.05, 0) is 0 Å². The number of nitrogens with zero attached hydrogens (tertiary/aromatic N) is 1. The van der Waals surface area contributed by atoms with Crippen molar-refractivity contribution in [3.63, 3.8) is 0 Å². The number of hydrogen-bond donors (Lipinski definition) is 1. The minimum absolute atomic E-state index is 0.0157. The van der Waals surface area contributed by atoms with E-state index < -0.39 is 12.6 Å². The second-order valence-corrected chi connectivity index (χ2v) is 1.92. The summed E-state index contributed by atoms with van der Waals surface area (Å²) in [5, 5.41) is 11.8. The van der Waals surface area contributed by atoms with Gasteiger partial charge in [0.2, 0.25) is 0 Å². The number of carboxylic acids is 1. The minimum Gasteiger partial charge on any atom is -0.478 e. The van der Waals surface area contributed by atoms with Crippen LogP contribution in [0.1, 0.15) is 16.1 Å². The molecule has 0 unspecified atom stereocenters. The zero-order valence-electron chi connectivity index (χ0n) is 5.58. The van der Waals surface area contributed by atoms with Crippen LogP contribution in [0.5, 0.6) is 0 Å². The number of carboxylic acid groups (broad SMARTS) is 1. The Morgan fingerprint density at radius 2 is 2.55 bits per heavy atom. The van der Waals surface area contributed by atoms with Crippen LogP contribution in [0.2, 0.25) is 0 Å². The summed E-state index contributed by atoms with van der Waals surface area (Å²) < 4.78 is 16.1. The summed E-state index contributed by atoms with van der Waals surface area (Å²) >= 11 is 0. The standard InChI is InChI=1S/C6H6FNO3/c7-2-1-5-4(6(9)10)3-11-8-5/h3H,1-2H2,(H,9,10). The van der Waals surface area contributed by atoms with Gasteiger partial charge in [-0.2, -0.15) is 0 Å². The summed E-state index contributed by atoms with van der Waals surface area (Å²) in [6.07, 6.45) is 0.978. The quantitative estimate of drug-likeness (QED) is 0.711. The zero-order valence-corrected chi connectivity index (χ0v) is 5.58. The van der Waals surface area contributed by atoms with Gasteiger partial charge in [0.1, 0.15) is 17.5 Å². The number of halogens is 1. The molecule has 0 aromatic carbocycles. The molecule has 0 radical (unpaired) electrons. The molecule has 0 amide bonds. The largest absolute Gasteiger partial charge is 0.478 e. The fraction of sp³-hybridized carbons (Fsp3) is 0.333. The van der Waals surface area contributed by atoms with Crippen molar-refractivity contribution in [1.82, 2.24) is 5.16 Å². The third-order valence-electron chi connectivity index (χ3n) is 1.21. The van der Waals surface area contributed by atoms with Crippen LogP contribution >= 0.6 is 0 Å². The molecule has 1 N–H and O–H groups in total. The molecule has 1 rings (SSSR count). The van der Waals surface area contributed by atoms with Crippen LogP contribution in [0.4, 0.5) is 4.39 Å². The SMILES string of the molecule is O=C(O)c1conc1CCF. The molecule has 0 saturated heterocycles. The molecule has 60 valence electrons. The molecular weight excluding hydrogens is 153 g/mol. The van der Waals surface area contributed by atoms with Crippen LogP contribution in [-0.2, 0) is 6.42 Å². The van der Waals surface area contributed by atoms with Crippen molar-refractivity contribution >= 4 is 5.97 Å². The first kappa shape index (κ1) is 7.71. The third kappa shape index (κ3) is 1.54.